The number of carbonyl (C=O) groups is 1. The van der Waals surface area contributed by atoms with E-state index in [4.69, 9.17) is 26.1 Å². The van der Waals surface area contributed by atoms with Gasteiger partial charge in [0.2, 0.25) is 0 Å². The van der Waals surface area contributed by atoms with E-state index >= 15 is 4.39 Å². The Bertz CT molecular complexity index is 1800. The maximum atomic E-state index is 16.9. The monoisotopic (exact) mass is 618 g/mol. The van der Waals surface area contributed by atoms with Crippen molar-refractivity contribution >= 4 is 51.4 Å². The van der Waals surface area contributed by atoms with Gasteiger partial charge in [0.25, 0.3) is 0 Å². The number of alkyl carbamates (subject to hydrolysis) is 1. The number of fused-ring (bicyclic) bond motifs is 8. The SMILES string of the molecule is O=C1NC2CCN(C2)c2nc(OCC34CCCN3CCC4)nc3c(F)c(ncc23)-c2c(c(Cl)cc3[nH]ncc23)/C=C\CCO1. The first-order chi connectivity index (χ1) is 21.5. The summed E-state index contributed by atoms with van der Waals surface area (Å²) in [6.45, 7) is 3.86. The van der Waals surface area contributed by atoms with E-state index in [1.807, 2.05) is 11.0 Å². The number of hydrogen-bond donors (Lipinski definition) is 2. The molecule has 1 amide bonds. The van der Waals surface area contributed by atoms with Crippen molar-refractivity contribution in [2.45, 2.75) is 50.1 Å². The molecule has 0 spiro atoms. The van der Waals surface area contributed by atoms with Crippen molar-refractivity contribution in [3.05, 3.63) is 40.9 Å². The van der Waals surface area contributed by atoms with Crippen LogP contribution >= 0.6 is 11.6 Å². The molecular formula is C31H32ClFN8O3. The van der Waals surface area contributed by atoms with Crippen molar-refractivity contribution in [1.29, 1.82) is 0 Å². The molecule has 8 heterocycles. The number of halogens is 2. The van der Waals surface area contributed by atoms with Crippen molar-refractivity contribution in [3.63, 3.8) is 0 Å². The first-order valence-electron chi connectivity index (χ1n) is 15.2. The molecule has 9 rings (SSSR count). The standard InChI is InChI=1S/C31H32ClFN8O3/c32-22-13-23-20(15-35-39-23)24-19(22)5-1-2-12-43-30(42)36-18-6-11-40(16-18)28-21-14-34-27(24)25(33)26(21)37-29(38-28)44-17-31-7-3-9-41(31)10-4-8-31/h1,5,13-15,18H,2-4,6-12,16-17H2,(H,35,39)(H,36,42)/b5-1-. The van der Waals surface area contributed by atoms with Crippen LogP contribution in [-0.4, -0.2) is 87.1 Å². The minimum Gasteiger partial charge on any atom is -0.461 e. The van der Waals surface area contributed by atoms with Crippen LogP contribution in [0.15, 0.2) is 24.5 Å². The summed E-state index contributed by atoms with van der Waals surface area (Å²) in [7, 11) is 0. The molecule has 3 saturated heterocycles. The number of hydrogen-bond acceptors (Lipinski definition) is 9. The second kappa shape index (κ2) is 10.8. The van der Waals surface area contributed by atoms with Crippen LogP contribution in [0.5, 0.6) is 6.01 Å². The molecule has 0 radical (unpaired) electrons. The maximum Gasteiger partial charge on any atom is 0.407 e. The molecular weight excluding hydrogens is 587 g/mol. The van der Waals surface area contributed by atoms with E-state index in [-0.39, 0.29) is 35.4 Å². The van der Waals surface area contributed by atoms with Crippen molar-refractivity contribution in [2.75, 3.05) is 44.3 Å². The summed E-state index contributed by atoms with van der Waals surface area (Å²) in [5, 5.41) is 11.6. The van der Waals surface area contributed by atoms with Crippen LogP contribution in [0.25, 0.3) is 39.1 Å². The number of nitrogens with zero attached hydrogens (tertiary/aromatic N) is 6. The van der Waals surface area contributed by atoms with Gasteiger partial charge in [-0.25, -0.2) is 9.18 Å². The van der Waals surface area contributed by atoms with Gasteiger partial charge in [-0.2, -0.15) is 15.1 Å². The zero-order valence-corrected chi connectivity index (χ0v) is 24.9. The van der Waals surface area contributed by atoms with Gasteiger partial charge in [-0.3, -0.25) is 15.0 Å². The first kappa shape index (κ1) is 27.5. The van der Waals surface area contributed by atoms with Gasteiger partial charge in [-0.15, -0.1) is 0 Å². The fourth-order valence-corrected chi connectivity index (χ4v) is 7.62. The van der Waals surface area contributed by atoms with Gasteiger partial charge in [0.1, 0.15) is 23.6 Å². The number of benzene rings is 1. The van der Waals surface area contributed by atoms with Gasteiger partial charge in [0.05, 0.1) is 40.3 Å². The predicted molar refractivity (Wildman–Crippen MR) is 164 cm³/mol. The zero-order chi connectivity index (χ0) is 29.8. The summed E-state index contributed by atoms with van der Waals surface area (Å²) in [6.07, 6.45) is 12.0. The molecule has 1 unspecified atom stereocenters. The summed E-state index contributed by atoms with van der Waals surface area (Å²) in [5.74, 6) is -0.0644. The molecule has 0 aliphatic carbocycles. The summed E-state index contributed by atoms with van der Waals surface area (Å²) in [5.41, 5.74) is 1.93. The third kappa shape index (κ3) is 4.62. The lowest BCUT2D eigenvalue weighted by atomic mass is 9.95. The van der Waals surface area contributed by atoms with E-state index in [9.17, 15) is 4.79 Å². The molecule has 6 bridgehead atoms. The Labute approximate surface area is 257 Å². The molecule has 13 heteroatoms. The molecule has 1 aromatic carbocycles. The Morgan fingerprint density at radius 2 is 2.02 bits per heavy atom. The van der Waals surface area contributed by atoms with Crippen molar-refractivity contribution in [3.8, 4) is 17.3 Å². The van der Waals surface area contributed by atoms with Crippen LogP contribution in [0.1, 0.15) is 44.1 Å². The highest BCUT2D eigenvalue weighted by atomic mass is 35.5. The number of aromatic nitrogens is 5. The lowest BCUT2D eigenvalue weighted by Crippen LogP contribution is -2.43. The fraction of sp³-hybridized carbons (Fsp3) is 0.452. The molecule has 11 nitrogen and oxygen atoms in total. The maximum absolute atomic E-state index is 16.9. The number of aromatic amines is 1. The number of rotatable bonds is 3. The highest BCUT2D eigenvalue weighted by Gasteiger charge is 2.45. The summed E-state index contributed by atoms with van der Waals surface area (Å²) in [4.78, 5) is 31.2. The van der Waals surface area contributed by atoms with Crippen LogP contribution in [0, 0.1) is 5.82 Å². The number of carbonyl (C=O) groups excluding carboxylic acids is 1. The Balaban J connectivity index is 1.30. The second-order valence-electron chi connectivity index (χ2n) is 12.1. The first-order valence-corrected chi connectivity index (χ1v) is 15.6. The molecule has 3 fully saturated rings. The quantitative estimate of drug-likeness (QED) is 0.323. The van der Waals surface area contributed by atoms with Crippen LogP contribution in [0.4, 0.5) is 15.0 Å². The van der Waals surface area contributed by atoms with Crippen LogP contribution in [0.2, 0.25) is 5.02 Å². The van der Waals surface area contributed by atoms with Gasteiger partial charge < -0.3 is 19.7 Å². The van der Waals surface area contributed by atoms with E-state index in [1.54, 1.807) is 24.5 Å². The van der Waals surface area contributed by atoms with E-state index in [0.29, 0.717) is 70.8 Å². The number of pyridine rings is 1. The third-order valence-electron chi connectivity index (χ3n) is 9.51. The minimum atomic E-state index is -0.589. The molecule has 3 aromatic heterocycles. The van der Waals surface area contributed by atoms with Gasteiger partial charge in [0, 0.05) is 35.8 Å². The predicted octanol–water partition coefficient (Wildman–Crippen LogP) is 5.09. The highest BCUT2D eigenvalue weighted by molar-refractivity contribution is 6.33. The number of anilines is 1. The van der Waals surface area contributed by atoms with Crippen LogP contribution < -0.4 is 15.0 Å². The molecule has 4 aromatic rings. The number of H-pyrrole nitrogens is 1. The Hall–Kier alpha value is -4.03. The lowest BCUT2D eigenvalue weighted by molar-refractivity contribution is 0.108. The van der Waals surface area contributed by atoms with Crippen LogP contribution in [-0.2, 0) is 4.74 Å². The lowest BCUT2D eigenvalue weighted by Gasteiger charge is -2.31. The topological polar surface area (TPSA) is 121 Å². The summed E-state index contributed by atoms with van der Waals surface area (Å²) < 4.78 is 28.7. The van der Waals surface area contributed by atoms with Crippen LogP contribution in [0.3, 0.4) is 0 Å². The summed E-state index contributed by atoms with van der Waals surface area (Å²) in [6, 6.07) is 1.73. The molecule has 228 valence electrons. The summed E-state index contributed by atoms with van der Waals surface area (Å²) >= 11 is 6.74. The molecule has 0 saturated carbocycles. The molecule has 44 heavy (non-hydrogen) atoms. The minimum absolute atomic E-state index is 0.0232. The van der Waals surface area contributed by atoms with Crippen molar-refractivity contribution in [1.82, 2.24) is 35.4 Å². The normalized spacial score (nSPS) is 22.3. The van der Waals surface area contributed by atoms with Crippen molar-refractivity contribution in [2.24, 2.45) is 0 Å². The largest absolute Gasteiger partial charge is 0.461 e. The average Bonchev–Trinajstić information content (AvgIpc) is 3.81. The number of nitrogens with one attached hydrogen (secondary N) is 2. The van der Waals surface area contributed by atoms with Gasteiger partial charge in [-0.05, 0) is 57.7 Å². The average molecular weight is 619 g/mol. The Morgan fingerprint density at radius 1 is 1.16 bits per heavy atom. The smallest absolute Gasteiger partial charge is 0.407 e. The van der Waals surface area contributed by atoms with Gasteiger partial charge in [-0.1, -0.05) is 23.8 Å². The van der Waals surface area contributed by atoms with E-state index in [2.05, 4.69) is 30.4 Å². The fourth-order valence-electron chi connectivity index (χ4n) is 7.35. The second-order valence-corrected chi connectivity index (χ2v) is 12.5. The van der Waals surface area contributed by atoms with E-state index < -0.39 is 11.9 Å². The Kier molecular flexibility index (Phi) is 6.78. The molecule has 1 atom stereocenters. The number of amides is 1. The third-order valence-corrected chi connectivity index (χ3v) is 9.82. The molecule has 5 aliphatic rings. The molecule has 5 aliphatic heterocycles. The van der Waals surface area contributed by atoms with Crippen molar-refractivity contribution < 1.29 is 18.7 Å². The van der Waals surface area contributed by atoms with Gasteiger partial charge >= 0.3 is 12.1 Å². The highest BCUT2D eigenvalue weighted by Crippen LogP contribution is 2.41. The zero-order valence-electron chi connectivity index (χ0n) is 24.1. The number of ether oxygens (including phenoxy) is 2. The van der Waals surface area contributed by atoms with E-state index in [0.717, 1.165) is 38.8 Å². The van der Waals surface area contributed by atoms with Gasteiger partial charge in [0.15, 0.2) is 5.82 Å². The Morgan fingerprint density at radius 3 is 2.89 bits per heavy atom. The van der Waals surface area contributed by atoms with E-state index in [1.165, 1.54) is 0 Å². The molecule has 2 N–H and O–H groups in total.